The third-order valence-electron chi connectivity index (χ3n) is 5.16. The number of fused-ring (bicyclic) bond motifs is 1. The van der Waals surface area contributed by atoms with Gasteiger partial charge in [-0.05, 0) is 39.7 Å². The number of carbonyl (C=O) groups excluding carboxylic acids is 1. The second-order valence-electron chi connectivity index (χ2n) is 8.13. The molecule has 0 saturated carbocycles. The molecule has 6 nitrogen and oxygen atoms in total. The van der Waals surface area contributed by atoms with Crippen LogP contribution in [0.2, 0.25) is 0 Å². The van der Waals surface area contributed by atoms with Crippen LogP contribution in [0.4, 0.5) is 0 Å². The number of aryl methyl sites for hydroxylation is 1. The highest BCUT2D eigenvalue weighted by Crippen LogP contribution is 2.40. The number of piperidine rings is 1. The first-order valence-electron chi connectivity index (χ1n) is 9.10. The molecule has 1 amide bonds. The van der Waals surface area contributed by atoms with Crippen LogP contribution in [0.25, 0.3) is 0 Å². The lowest BCUT2D eigenvalue weighted by molar-refractivity contribution is -0.127. The summed E-state index contributed by atoms with van der Waals surface area (Å²) < 4.78 is 31.1. The average Bonchev–Trinajstić information content (AvgIpc) is 2.54. The van der Waals surface area contributed by atoms with Crippen LogP contribution in [0.15, 0.2) is 18.2 Å². The predicted octanol–water partition coefficient (Wildman–Crippen LogP) is 2.39. The molecule has 1 saturated heterocycles. The molecule has 2 atom stereocenters. The summed E-state index contributed by atoms with van der Waals surface area (Å²) in [5, 5.41) is 3.16. The zero-order valence-corrected chi connectivity index (χ0v) is 16.7. The standard InChI is InChI=1S/C19H28N2O4S/c1-13-7-8-17-15(10-13)16(11-19(2,3)25-17)20-18(22)14-6-5-9-21(12-14)26(4,23)24/h7-8,10,14,16H,5-6,9,11-12H2,1-4H3,(H,20,22)/t14-,16+/m1/s1. The Kier molecular flexibility index (Phi) is 5.05. The number of amides is 1. The molecule has 1 aromatic rings. The van der Waals surface area contributed by atoms with Crippen molar-refractivity contribution >= 4 is 15.9 Å². The smallest absolute Gasteiger partial charge is 0.224 e. The molecule has 7 heteroatoms. The van der Waals surface area contributed by atoms with Crippen LogP contribution < -0.4 is 10.1 Å². The van der Waals surface area contributed by atoms with Gasteiger partial charge < -0.3 is 10.1 Å². The molecule has 0 radical (unpaired) electrons. The van der Waals surface area contributed by atoms with E-state index in [0.29, 0.717) is 25.8 Å². The van der Waals surface area contributed by atoms with E-state index in [4.69, 9.17) is 4.74 Å². The summed E-state index contributed by atoms with van der Waals surface area (Å²) in [6, 6.07) is 5.88. The maximum Gasteiger partial charge on any atom is 0.224 e. The number of ether oxygens (including phenoxy) is 1. The van der Waals surface area contributed by atoms with E-state index in [1.807, 2.05) is 32.9 Å². The molecule has 0 bridgehead atoms. The highest BCUT2D eigenvalue weighted by molar-refractivity contribution is 7.88. The minimum Gasteiger partial charge on any atom is -0.487 e. The Morgan fingerprint density at radius 2 is 2.08 bits per heavy atom. The molecule has 1 aromatic carbocycles. The average molecular weight is 381 g/mol. The van der Waals surface area contributed by atoms with Gasteiger partial charge in [0.15, 0.2) is 0 Å². The maximum absolute atomic E-state index is 12.9. The van der Waals surface area contributed by atoms with Gasteiger partial charge in [-0.2, -0.15) is 0 Å². The topological polar surface area (TPSA) is 75.7 Å². The Morgan fingerprint density at radius 1 is 1.35 bits per heavy atom. The number of hydrogen-bond donors (Lipinski definition) is 1. The van der Waals surface area contributed by atoms with Gasteiger partial charge in [0.25, 0.3) is 0 Å². The van der Waals surface area contributed by atoms with Crippen LogP contribution in [0.1, 0.15) is 50.3 Å². The minimum atomic E-state index is -3.26. The highest BCUT2D eigenvalue weighted by atomic mass is 32.2. The van der Waals surface area contributed by atoms with E-state index in [9.17, 15) is 13.2 Å². The summed E-state index contributed by atoms with van der Waals surface area (Å²) in [7, 11) is -3.26. The SMILES string of the molecule is Cc1ccc2c(c1)[C@@H](NC(=O)[C@@H]1CCCN(S(C)(=O)=O)C1)CC(C)(C)O2. The number of rotatable bonds is 3. The maximum atomic E-state index is 12.9. The van der Waals surface area contributed by atoms with Gasteiger partial charge >= 0.3 is 0 Å². The molecule has 0 aromatic heterocycles. The van der Waals surface area contributed by atoms with E-state index in [-0.39, 0.29) is 30.0 Å². The zero-order valence-electron chi connectivity index (χ0n) is 15.9. The fourth-order valence-electron chi connectivity index (χ4n) is 3.85. The minimum absolute atomic E-state index is 0.0755. The first-order chi connectivity index (χ1) is 12.0. The van der Waals surface area contributed by atoms with E-state index >= 15 is 0 Å². The molecule has 3 rings (SSSR count). The van der Waals surface area contributed by atoms with Crippen molar-refractivity contribution in [3.63, 3.8) is 0 Å². The number of benzene rings is 1. The lowest BCUT2D eigenvalue weighted by atomic mass is 9.88. The summed E-state index contributed by atoms with van der Waals surface area (Å²) in [6.07, 6.45) is 3.30. The van der Waals surface area contributed by atoms with Gasteiger partial charge in [-0.3, -0.25) is 4.79 Å². The summed E-state index contributed by atoms with van der Waals surface area (Å²) in [5.74, 6) is 0.421. The fourth-order valence-corrected chi connectivity index (χ4v) is 4.76. The van der Waals surface area contributed by atoms with E-state index < -0.39 is 10.0 Å². The van der Waals surface area contributed by atoms with Gasteiger partial charge in [0.05, 0.1) is 18.2 Å². The van der Waals surface area contributed by atoms with Crippen molar-refractivity contribution in [3.8, 4) is 5.75 Å². The van der Waals surface area contributed by atoms with Crippen LogP contribution in [0.3, 0.4) is 0 Å². The molecule has 1 N–H and O–H groups in total. The van der Waals surface area contributed by atoms with Crippen molar-refractivity contribution in [1.29, 1.82) is 0 Å². The molecule has 144 valence electrons. The van der Waals surface area contributed by atoms with Crippen LogP contribution >= 0.6 is 0 Å². The summed E-state index contributed by atoms with van der Waals surface area (Å²) in [6.45, 7) is 6.80. The second-order valence-corrected chi connectivity index (χ2v) is 10.1. The van der Waals surface area contributed by atoms with Crippen molar-refractivity contribution in [2.75, 3.05) is 19.3 Å². The van der Waals surface area contributed by atoms with Crippen molar-refractivity contribution < 1.29 is 17.9 Å². The fraction of sp³-hybridized carbons (Fsp3) is 0.632. The molecule has 2 aliphatic heterocycles. The zero-order chi connectivity index (χ0) is 19.1. The molecule has 0 spiro atoms. The number of sulfonamides is 1. The van der Waals surface area contributed by atoms with E-state index in [0.717, 1.165) is 16.9 Å². The van der Waals surface area contributed by atoms with Crippen LogP contribution in [-0.2, 0) is 14.8 Å². The first kappa shape index (κ1) is 19.2. The molecular formula is C19H28N2O4S. The highest BCUT2D eigenvalue weighted by Gasteiger charge is 2.37. The van der Waals surface area contributed by atoms with E-state index in [2.05, 4.69) is 11.4 Å². The molecule has 0 unspecified atom stereocenters. The Bertz CT molecular complexity index is 804. The Morgan fingerprint density at radius 3 is 2.77 bits per heavy atom. The number of nitrogens with one attached hydrogen (secondary N) is 1. The van der Waals surface area contributed by atoms with Crippen molar-refractivity contribution in [3.05, 3.63) is 29.3 Å². The van der Waals surface area contributed by atoms with E-state index in [1.165, 1.54) is 10.6 Å². The second kappa shape index (κ2) is 6.85. The van der Waals surface area contributed by atoms with E-state index in [1.54, 1.807) is 0 Å². The predicted molar refractivity (Wildman–Crippen MR) is 101 cm³/mol. The lowest BCUT2D eigenvalue weighted by Crippen LogP contribution is -2.47. The van der Waals surface area contributed by atoms with Gasteiger partial charge in [-0.25, -0.2) is 12.7 Å². The molecule has 0 aliphatic carbocycles. The normalized spacial score (nSPS) is 25.8. The number of nitrogens with zero attached hydrogens (tertiary/aromatic N) is 1. The van der Waals surface area contributed by atoms with Gasteiger partial charge in [0, 0.05) is 25.1 Å². The quantitative estimate of drug-likeness (QED) is 0.874. The Hall–Kier alpha value is -1.60. The molecule has 1 fully saturated rings. The van der Waals surface area contributed by atoms with Crippen molar-refractivity contribution in [1.82, 2.24) is 9.62 Å². The monoisotopic (exact) mass is 380 g/mol. The first-order valence-corrected chi connectivity index (χ1v) is 10.9. The Balaban J connectivity index is 1.78. The lowest BCUT2D eigenvalue weighted by Gasteiger charge is -2.39. The third-order valence-corrected chi connectivity index (χ3v) is 6.43. The molecular weight excluding hydrogens is 352 g/mol. The third kappa shape index (κ3) is 4.20. The molecule has 2 aliphatic rings. The molecule has 2 heterocycles. The van der Waals surface area contributed by atoms with Crippen LogP contribution in [-0.4, -0.2) is 43.6 Å². The largest absolute Gasteiger partial charge is 0.487 e. The van der Waals surface area contributed by atoms with Gasteiger partial charge in [0.1, 0.15) is 11.4 Å². The van der Waals surface area contributed by atoms with Gasteiger partial charge in [-0.1, -0.05) is 17.7 Å². The molecule has 26 heavy (non-hydrogen) atoms. The number of carbonyl (C=O) groups is 1. The van der Waals surface area contributed by atoms with Gasteiger partial charge in [-0.15, -0.1) is 0 Å². The Labute approximate surface area is 156 Å². The number of hydrogen-bond acceptors (Lipinski definition) is 4. The summed E-state index contributed by atoms with van der Waals surface area (Å²) in [5.41, 5.74) is 1.74. The van der Waals surface area contributed by atoms with Gasteiger partial charge in [0.2, 0.25) is 15.9 Å². The van der Waals surface area contributed by atoms with Crippen molar-refractivity contribution in [2.24, 2.45) is 5.92 Å². The van der Waals surface area contributed by atoms with Crippen LogP contribution in [0, 0.1) is 12.8 Å². The summed E-state index contributed by atoms with van der Waals surface area (Å²) in [4.78, 5) is 12.9. The van der Waals surface area contributed by atoms with Crippen molar-refractivity contribution in [2.45, 2.75) is 51.7 Å². The van der Waals surface area contributed by atoms with Crippen LogP contribution in [0.5, 0.6) is 5.75 Å². The summed E-state index contributed by atoms with van der Waals surface area (Å²) >= 11 is 0.